The molecule has 4 atom stereocenters. The highest BCUT2D eigenvalue weighted by Crippen LogP contribution is 2.60. The van der Waals surface area contributed by atoms with Crippen LogP contribution in [-0.2, 0) is 9.53 Å². The highest BCUT2D eigenvalue weighted by Gasteiger charge is 2.51. The van der Waals surface area contributed by atoms with Crippen LogP contribution in [0.15, 0.2) is 12.7 Å². The maximum atomic E-state index is 11.0. The normalized spacial score (nSPS) is 42.5. The molecule has 3 rings (SSSR count). The van der Waals surface area contributed by atoms with Gasteiger partial charge in [0.1, 0.15) is 0 Å². The molecule has 2 nitrogen and oxygen atoms in total. The molecule has 0 aromatic heterocycles. The van der Waals surface area contributed by atoms with Gasteiger partial charge in [0.2, 0.25) is 0 Å². The Balaban J connectivity index is 1.46. The van der Waals surface area contributed by atoms with Crippen molar-refractivity contribution in [2.75, 3.05) is 6.61 Å². The fourth-order valence-corrected chi connectivity index (χ4v) is 4.75. The van der Waals surface area contributed by atoms with Gasteiger partial charge in [0.25, 0.3) is 0 Å². The number of hydrogen-bond donors (Lipinski definition) is 0. The van der Waals surface area contributed by atoms with Gasteiger partial charge in [-0.25, -0.2) is 4.79 Å². The topological polar surface area (TPSA) is 26.3 Å². The molecule has 0 saturated heterocycles. The van der Waals surface area contributed by atoms with E-state index in [1.54, 1.807) is 0 Å². The second kappa shape index (κ2) is 4.47. The van der Waals surface area contributed by atoms with E-state index < -0.39 is 0 Å². The number of hydrogen-bond acceptors (Lipinski definition) is 2. The second-order valence-corrected chi connectivity index (χ2v) is 6.16. The van der Waals surface area contributed by atoms with Gasteiger partial charge in [-0.2, -0.15) is 0 Å². The number of rotatable bonds is 4. The van der Waals surface area contributed by atoms with Gasteiger partial charge >= 0.3 is 5.97 Å². The first-order valence-electron chi connectivity index (χ1n) is 7.07. The van der Waals surface area contributed by atoms with E-state index in [2.05, 4.69) is 6.58 Å². The van der Waals surface area contributed by atoms with Crippen molar-refractivity contribution in [1.82, 2.24) is 0 Å². The van der Waals surface area contributed by atoms with E-state index in [0.29, 0.717) is 6.61 Å². The van der Waals surface area contributed by atoms with Crippen molar-refractivity contribution in [3.63, 3.8) is 0 Å². The molecule has 0 aliphatic heterocycles. The van der Waals surface area contributed by atoms with Crippen LogP contribution in [0.4, 0.5) is 0 Å². The van der Waals surface area contributed by atoms with E-state index >= 15 is 0 Å². The Morgan fingerprint density at radius 3 is 2.41 bits per heavy atom. The molecule has 3 fully saturated rings. The summed E-state index contributed by atoms with van der Waals surface area (Å²) in [5.74, 6) is 4.67. The molecule has 0 spiro atoms. The minimum absolute atomic E-state index is 0.275. The predicted molar refractivity (Wildman–Crippen MR) is 66.3 cm³/mol. The van der Waals surface area contributed by atoms with Crippen LogP contribution in [0.2, 0.25) is 0 Å². The first-order chi connectivity index (χ1) is 8.28. The Bertz CT molecular complexity index is 305. The highest BCUT2D eigenvalue weighted by molar-refractivity contribution is 5.81. The summed E-state index contributed by atoms with van der Waals surface area (Å²) < 4.78 is 5.09. The van der Waals surface area contributed by atoms with Crippen LogP contribution in [-0.4, -0.2) is 12.6 Å². The van der Waals surface area contributed by atoms with Gasteiger partial charge in [-0.05, 0) is 68.1 Å². The number of carbonyl (C=O) groups is 1. The lowest BCUT2D eigenvalue weighted by atomic mass is 9.82. The smallest absolute Gasteiger partial charge is 0.330 e. The molecule has 17 heavy (non-hydrogen) atoms. The number of ether oxygens (including phenoxy) is 1. The zero-order valence-corrected chi connectivity index (χ0v) is 10.4. The van der Waals surface area contributed by atoms with Crippen LogP contribution in [0, 0.1) is 29.6 Å². The van der Waals surface area contributed by atoms with Crippen LogP contribution < -0.4 is 0 Å². The van der Waals surface area contributed by atoms with E-state index in [0.717, 1.165) is 36.0 Å². The van der Waals surface area contributed by atoms with Crippen LogP contribution in [0.25, 0.3) is 0 Å². The Morgan fingerprint density at radius 1 is 1.18 bits per heavy atom. The zero-order chi connectivity index (χ0) is 11.8. The molecule has 0 N–H and O–H groups in total. The van der Waals surface area contributed by atoms with Crippen LogP contribution in [0.5, 0.6) is 0 Å². The molecule has 3 aliphatic carbocycles. The maximum Gasteiger partial charge on any atom is 0.330 e. The van der Waals surface area contributed by atoms with Gasteiger partial charge in [0.05, 0.1) is 6.61 Å². The molecule has 0 aromatic carbocycles. The minimum atomic E-state index is -0.275. The molecular formula is C15H22O2. The Hall–Kier alpha value is -0.790. The van der Waals surface area contributed by atoms with Crippen molar-refractivity contribution < 1.29 is 9.53 Å². The minimum Gasteiger partial charge on any atom is -0.463 e. The molecule has 0 heterocycles. The highest BCUT2D eigenvalue weighted by atomic mass is 16.5. The Kier molecular flexibility index (Phi) is 2.97. The van der Waals surface area contributed by atoms with Crippen LogP contribution in [0.3, 0.4) is 0 Å². The predicted octanol–water partition coefficient (Wildman–Crippen LogP) is 3.18. The molecule has 2 bridgehead atoms. The van der Waals surface area contributed by atoms with Crippen molar-refractivity contribution in [2.45, 2.75) is 38.5 Å². The summed E-state index contributed by atoms with van der Waals surface area (Å²) in [7, 11) is 0. The standard InChI is InChI=1S/C15H22O2/c1-2-15(16)17-6-5-10-7-13-11-3-4-12(9-11)14(13)8-10/h2,10-14H,1,3-9H2. The number of fused-ring (bicyclic) bond motifs is 5. The molecule has 0 amide bonds. The summed E-state index contributed by atoms with van der Waals surface area (Å²) in [6.45, 7) is 4.00. The third kappa shape index (κ3) is 2.02. The summed E-state index contributed by atoms with van der Waals surface area (Å²) in [6.07, 6.45) is 9.62. The van der Waals surface area contributed by atoms with E-state index in [9.17, 15) is 4.79 Å². The summed E-state index contributed by atoms with van der Waals surface area (Å²) in [5.41, 5.74) is 0. The molecule has 2 heteroatoms. The van der Waals surface area contributed by atoms with Gasteiger partial charge in [-0.3, -0.25) is 0 Å². The summed E-state index contributed by atoms with van der Waals surface area (Å²) >= 11 is 0. The third-order valence-electron chi connectivity index (χ3n) is 5.42. The largest absolute Gasteiger partial charge is 0.463 e. The Labute approximate surface area is 103 Å². The van der Waals surface area contributed by atoms with Crippen LogP contribution in [0.1, 0.15) is 38.5 Å². The lowest BCUT2D eigenvalue weighted by molar-refractivity contribution is -0.138. The van der Waals surface area contributed by atoms with Gasteiger partial charge in [-0.15, -0.1) is 0 Å². The zero-order valence-electron chi connectivity index (χ0n) is 10.4. The molecule has 0 radical (unpaired) electrons. The molecule has 3 aliphatic rings. The lowest BCUT2D eigenvalue weighted by Crippen LogP contribution is -2.15. The molecule has 4 unspecified atom stereocenters. The first kappa shape index (κ1) is 11.3. The monoisotopic (exact) mass is 234 g/mol. The fraction of sp³-hybridized carbons (Fsp3) is 0.800. The average molecular weight is 234 g/mol. The number of esters is 1. The van der Waals surface area contributed by atoms with E-state index in [-0.39, 0.29) is 5.97 Å². The maximum absolute atomic E-state index is 11.0. The molecule has 94 valence electrons. The summed E-state index contributed by atoms with van der Waals surface area (Å²) in [6, 6.07) is 0. The summed E-state index contributed by atoms with van der Waals surface area (Å²) in [5, 5.41) is 0. The van der Waals surface area contributed by atoms with Gasteiger partial charge in [0, 0.05) is 6.08 Å². The average Bonchev–Trinajstić information content (AvgIpc) is 2.99. The first-order valence-corrected chi connectivity index (χ1v) is 7.07. The third-order valence-corrected chi connectivity index (χ3v) is 5.42. The molecular weight excluding hydrogens is 212 g/mol. The number of carbonyl (C=O) groups excluding carboxylic acids is 1. The summed E-state index contributed by atoms with van der Waals surface area (Å²) in [4.78, 5) is 11.0. The van der Waals surface area contributed by atoms with Gasteiger partial charge < -0.3 is 4.74 Å². The fourth-order valence-electron chi connectivity index (χ4n) is 4.75. The van der Waals surface area contributed by atoms with E-state index in [4.69, 9.17) is 4.74 Å². The van der Waals surface area contributed by atoms with Gasteiger partial charge in [-0.1, -0.05) is 6.58 Å². The van der Waals surface area contributed by atoms with Crippen molar-refractivity contribution in [3.05, 3.63) is 12.7 Å². The van der Waals surface area contributed by atoms with Crippen molar-refractivity contribution in [3.8, 4) is 0 Å². The molecule has 3 saturated carbocycles. The van der Waals surface area contributed by atoms with Crippen LogP contribution >= 0.6 is 0 Å². The molecule has 0 aromatic rings. The van der Waals surface area contributed by atoms with Crippen molar-refractivity contribution in [2.24, 2.45) is 29.6 Å². The van der Waals surface area contributed by atoms with E-state index in [1.807, 2.05) is 0 Å². The second-order valence-electron chi connectivity index (χ2n) is 6.16. The Morgan fingerprint density at radius 2 is 1.82 bits per heavy atom. The lowest BCUT2D eigenvalue weighted by Gasteiger charge is -2.23. The van der Waals surface area contributed by atoms with E-state index in [1.165, 1.54) is 38.2 Å². The van der Waals surface area contributed by atoms with Crippen molar-refractivity contribution in [1.29, 1.82) is 0 Å². The quantitative estimate of drug-likeness (QED) is 0.551. The van der Waals surface area contributed by atoms with Crippen molar-refractivity contribution >= 4 is 5.97 Å². The van der Waals surface area contributed by atoms with Gasteiger partial charge in [0.15, 0.2) is 0 Å². The SMILES string of the molecule is C=CC(=O)OCCC1CC2C3CCC(C3)C2C1.